The smallest absolute Gasteiger partial charge is 0.166 e. The van der Waals surface area contributed by atoms with Crippen LogP contribution in [-0.4, -0.2) is 29.3 Å². The normalized spacial score (nSPS) is 29.9. The average molecular weight is 264 g/mol. The van der Waals surface area contributed by atoms with Crippen molar-refractivity contribution >= 4 is 17.4 Å². The van der Waals surface area contributed by atoms with E-state index in [0.717, 1.165) is 25.4 Å². The van der Waals surface area contributed by atoms with Crippen molar-refractivity contribution in [3.05, 3.63) is 16.8 Å². The van der Waals surface area contributed by atoms with Crippen LogP contribution in [0, 0.1) is 23.2 Å². The number of nitriles is 1. The van der Waals surface area contributed by atoms with E-state index in [9.17, 15) is 0 Å². The number of fused-ring (bicyclic) bond motifs is 1. The lowest BCUT2D eigenvalue weighted by molar-refractivity contribution is 0.468. The SMILES string of the molecule is N#Cc1cc(Cl)nnc1N[C@@H]1CC[C@H]2CNC[C@H]21. The van der Waals surface area contributed by atoms with Crippen molar-refractivity contribution in [1.29, 1.82) is 5.26 Å². The predicted octanol–water partition coefficient (Wildman–Crippen LogP) is 1.41. The number of nitrogens with zero attached hydrogens (tertiary/aromatic N) is 3. The number of anilines is 1. The molecule has 1 saturated carbocycles. The number of nitrogens with one attached hydrogen (secondary N) is 2. The number of rotatable bonds is 2. The van der Waals surface area contributed by atoms with Gasteiger partial charge in [-0.3, -0.25) is 0 Å². The van der Waals surface area contributed by atoms with Crippen molar-refractivity contribution in [2.45, 2.75) is 18.9 Å². The van der Waals surface area contributed by atoms with Crippen molar-refractivity contribution in [2.75, 3.05) is 18.4 Å². The molecule has 5 nitrogen and oxygen atoms in total. The van der Waals surface area contributed by atoms with E-state index in [4.69, 9.17) is 16.9 Å². The van der Waals surface area contributed by atoms with Crippen LogP contribution in [0.4, 0.5) is 5.82 Å². The summed E-state index contributed by atoms with van der Waals surface area (Å²) in [4.78, 5) is 0. The second kappa shape index (κ2) is 4.71. The van der Waals surface area contributed by atoms with E-state index >= 15 is 0 Å². The second-order valence-corrected chi connectivity index (χ2v) is 5.34. The number of aromatic nitrogens is 2. The molecular formula is C12H14ClN5. The van der Waals surface area contributed by atoms with Crippen LogP contribution in [0.5, 0.6) is 0 Å². The zero-order valence-electron chi connectivity index (χ0n) is 9.86. The van der Waals surface area contributed by atoms with E-state index in [0.29, 0.717) is 23.3 Å². The summed E-state index contributed by atoms with van der Waals surface area (Å²) in [5.74, 6) is 1.95. The summed E-state index contributed by atoms with van der Waals surface area (Å²) in [5.41, 5.74) is 0.462. The summed E-state index contributed by atoms with van der Waals surface area (Å²) >= 11 is 5.74. The molecule has 0 aromatic carbocycles. The molecule has 1 saturated heterocycles. The summed E-state index contributed by atoms with van der Waals surface area (Å²) in [7, 11) is 0. The molecule has 2 heterocycles. The lowest BCUT2D eigenvalue weighted by Gasteiger charge is -2.20. The first-order valence-electron chi connectivity index (χ1n) is 6.18. The highest BCUT2D eigenvalue weighted by Gasteiger charge is 2.39. The van der Waals surface area contributed by atoms with Crippen LogP contribution < -0.4 is 10.6 Å². The fourth-order valence-electron chi connectivity index (χ4n) is 3.06. The van der Waals surface area contributed by atoms with E-state index in [1.54, 1.807) is 6.07 Å². The maximum absolute atomic E-state index is 9.08. The number of halogens is 1. The van der Waals surface area contributed by atoms with Crippen molar-refractivity contribution in [1.82, 2.24) is 15.5 Å². The lowest BCUT2D eigenvalue weighted by Crippen LogP contribution is -2.29. The molecule has 1 aliphatic carbocycles. The summed E-state index contributed by atoms with van der Waals surface area (Å²) in [6, 6.07) is 4.04. The molecule has 0 amide bonds. The van der Waals surface area contributed by atoms with Crippen molar-refractivity contribution < 1.29 is 0 Å². The number of hydrogen-bond acceptors (Lipinski definition) is 5. The van der Waals surface area contributed by atoms with E-state index in [1.165, 1.54) is 6.42 Å². The fraction of sp³-hybridized carbons (Fsp3) is 0.583. The topological polar surface area (TPSA) is 73.6 Å². The van der Waals surface area contributed by atoms with Gasteiger partial charge >= 0.3 is 0 Å². The first-order chi connectivity index (χ1) is 8.78. The minimum atomic E-state index is 0.254. The third-order valence-corrected chi connectivity index (χ3v) is 4.15. The van der Waals surface area contributed by atoms with E-state index in [2.05, 4.69) is 26.9 Å². The predicted molar refractivity (Wildman–Crippen MR) is 68.3 cm³/mol. The van der Waals surface area contributed by atoms with E-state index < -0.39 is 0 Å². The molecule has 3 atom stereocenters. The Labute approximate surface area is 111 Å². The highest BCUT2D eigenvalue weighted by atomic mass is 35.5. The van der Waals surface area contributed by atoms with E-state index in [1.807, 2.05) is 0 Å². The Morgan fingerprint density at radius 3 is 3.11 bits per heavy atom. The molecule has 0 unspecified atom stereocenters. The number of hydrogen-bond donors (Lipinski definition) is 2. The molecule has 1 aliphatic heterocycles. The summed E-state index contributed by atoms with van der Waals surface area (Å²) in [6.45, 7) is 2.16. The fourth-order valence-corrected chi connectivity index (χ4v) is 3.21. The molecule has 1 aromatic heterocycles. The van der Waals surface area contributed by atoms with Gasteiger partial charge in [0.25, 0.3) is 0 Å². The third kappa shape index (κ3) is 2.02. The Balaban J connectivity index is 1.79. The quantitative estimate of drug-likeness (QED) is 0.844. The lowest BCUT2D eigenvalue weighted by atomic mass is 9.98. The monoisotopic (exact) mass is 263 g/mol. The van der Waals surface area contributed by atoms with Crippen LogP contribution in [0.25, 0.3) is 0 Å². The molecule has 0 radical (unpaired) electrons. The Kier molecular flexibility index (Phi) is 3.06. The Morgan fingerprint density at radius 2 is 2.28 bits per heavy atom. The van der Waals surface area contributed by atoms with Crippen molar-refractivity contribution in [3.8, 4) is 6.07 Å². The molecule has 2 fully saturated rings. The molecule has 2 aliphatic rings. The Bertz CT molecular complexity index is 498. The van der Waals surface area contributed by atoms with Crippen LogP contribution in [-0.2, 0) is 0 Å². The minimum Gasteiger partial charge on any atom is -0.364 e. The molecule has 0 bridgehead atoms. The van der Waals surface area contributed by atoms with Gasteiger partial charge in [0.2, 0.25) is 0 Å². The van der Waals surface area contributed by atoms with Gasteiger partial charge in [-0.25, -0.2) is 0 Å². The molecule has 2 N–H and O–H groups in total. The standard InChI is InChI=1S/C12H14ClN5/c13-11-3-8(4-14)12(18-17-11)16-10-2-1-7-5-15-6-9(7)10/h3,7,9-10,15H,1-2,5-6H2,(H,16,18)/t7-,9+,10+/m0/s1. The summed E-state index contributed by atoms with van der Waals surface area (Å²) < 4.78 is 0. The molecule has 18 heavy (non-hydrogen) atoms. The molecule has 94 valence electrons. The van der Waals surface area contributed by atoms with Crippen LogP contribution in [0.2, 0.25) is 5.15 Å². The van der Waals surface area contributed by atoms with Crippen LogP contribution in [0.15, 0.2) is 6.07 Å². The zero-order valence-corrected chi connectivity index (χ0v) is 10.6. The summed E-state index contributed by atoms with van der Waals surface area (Å²) in [5, 5.41) is 23.9. The highest BCUT2D eigenvalue weighted by Crippen LogP contribution is 2.36. The van der Waals surface area contributed by atoms with Gasteiger partial charge in [-0.2, -0.15) is 5.26 Å². The molecule has 0 spiro atoms. The Hall–Kier alpha value is -1.38. The first-order valence-corrected chi connectivity index (χ1v) is 6.56. The van der Waals surface area contributed by atoms with Gasteiger partial charge < -0.3 is 10.6 Å². The van der Waals surface area contributed by atoms with E-state index in [-0.39, 0.29) is 5.15 Å². The van der Waals surface area contributed by atoms with Gasteiger partial charge in [-0.1, -0.05) is 11.6 Å². The van der Waals surface area contributed by atoms with Gasteiger partial charge in [-0.05, 0) is 37.3 Å². The third-order valence-electron chi connectivity index (χ3n) is 3.96. The highest BCUT2D eigenvalue weighted by molar-refractivity contribution is 6.29. The van der Waals surface area contributed by atoms with Crippen molar-refractivity contribution in [2.24, 2.45) is 11.8 Å². The van der Waals surface area contributed by atoms with Crippen LogP contribution >= 0.6 is 11.6 Å². The average Bonchev–Trinajstić information content (AvgIpc) is 2.96. The second-order valence-electron chi connectivity index (χ2n) is 4.95. The van der Waals surface area contributed by atoms with Crippen LogP contribution in [0.1, 0.15) is 18.4 Å². The van der Waals surface area contributed by atoms with Gasteiger partial charge in [0.1, 0.15) is 6.07 Å². The maximum Gasteiger partial charge on any atom is 0.166 e. The molecule has 1 aromatic rings. The summed E-state index contributed by atoms with van der Waals surface area (Å²) in [6.07, 6.45) is 2.37. The van der Waals surface area contributed by atoms with Crippen LogP contribution in [0.3, 0.4) is 0 Å². The minimum absolute atomic E-state index is 0.254. The maximum atomic E-state index is 9.08. The van der Waals surface area contributed by atoms with Crippen molar-refractivity contribution in [3.63, 3.8) is 0 Å². The molecule has 6 heteroatoms. The largest absolute Gasteiger partial charge is 0.364 e. The molecular weight excluding hydrogens is 250 g/mol. The zero-order chi connectivity index (χ0) is 12.5. The van der Waals surface area contributed by atoms with Gasteiger partial charge in [0, 0.05) is 12.6 Å². The first kappa shape index (κ1) is 11.7. The van der Waals surface area contributed by atoms with Gasteiger partial charge in [-0.15, -0.1) is 10.2 Å². The molecule has 3 rings (SSSR count). The van der Waals surface area contributed by atoms with Gasteiger partial charge in [0.15, 0.2) is 11.0 Å². The Morgan fingerprint density at radius 1 is 1.39 bits per heavy atom. The van der Waals surface area contributed by atoms with Gasteiger partial charge in [0.05, 0.1) is 5.56 Å².